The Bertz CT molecular complexity index is 643. The predicted molar refractivity (Wildman–Crippen MR) is 73.5 cm³/mol. The minimum Gasteiger partial charge on any atom is -0.484 e. The van der Waals surface area contributed by atoms with Gasteiger partial charge in [-0.1, -0.05) is 0 Å². The molecule has 0 aromatic heterocycles. The van der Waals surface area contributed by atoms with E-state index >= 15 is 0 Å². The van der Waals surface area contributed by atoms with E-state index in [9.17, 15) is 15.4 Å². The van der Waals surface area contributed by atoms with E-state index in [1.165, 1.54) is 12.1 Å². The molecule has 0 aliphatic heterocycles. The Hall–Kier alpha value is -2.64. The van der Waals surface area contributed by atoms with Crippen molar-refractivity contribution in [2.24, 2.45) is 0 Å². The second-order valence-corrected chi connectivity index (χ2v) is 5.20. The minimum absolute atomic E-state index is 0.00720. The van der Waals surface area contributed by atoms with Crippen molar-refractivity contribution >= 4 is 5.69 Å². The first-order valence-electron chi connectivity index (χ1n) is 6.48. The van der Waals surface area contributed by atoms with E-state index in [0.29, 0.717) is 6.04 Å². The van der Waals surface area contributed by atoms with Crippen LogP contribution in [0.3, 0.4) is 0 Å². The molecule has 21 heavy (non-hydrogen) atoms. The van der Waals surface area contributed by atoms with Crippen LogP contribution >= 0.6 is 0 Å². The fourth-order valence-electron chi connectivity index (χ4n) is 1.86. The number of benzene rings is 1. The Kier molecular flexibility index (Phi) is 4.06. The number of nitrogens with one attached hydrogen (secondary N) is 1. The lowest BCUT2D eigenvalue weighted by Gasteiger charge is -2.23. The van der Waals surface area contributed by atoms with Crippen LogP contribution in [-0.2, 0) is 0 Å². The highest BCUT2D eigenvalue weighted by Crippen LogP contribution is 2.29. The van der Waals surface area contributed by atoms with Gasteiger partial charge in [0.2, 0.25) is 0 Å². The summed E-state index contributed by atoms with van der Waals surface area (Å²) in [5.74, 6) is 0.0538. The van der Waals surface area contributed by atoms with E-state index in [1.54, 1.807) is 6.92 Å². The van der Waals surface area contributed by atoms with Gasteiger partial charge in [0.15, 0.2) is 5.75 Å². The quantitative estimate of drug-likeness (QED) is 0.631. The van der Waals surface area contributed by atoms with Crippen LogP contribution in [0.5, 0.6) is 5.75 Å². The summed E-state index contributed by atoms with van der Waals surface area (Å²) in [5, 5.41) is 32.2. The first-order valence-corrected chi connectivity index (χ1v) is 6.48. The first-order chi connectivity index (χ1) is 9.97. The Morgan fingerprint density at radius 3 is 2.76 bits per heavy atom. The van der Waals surface area contributed by atoms with E-state index in [2.05, 4.69) is 11.4 Å². The topological polar surface area (TPSA) is 112 Å². The van der Waals surface area contributed by atoms with Crippen LogP contribution in [0.15, 0.2) is 18.2 Å². The second-order valence-electron chi connectivity index (χ2n) is 5.20. The third kappa shape index (κ3) is 3.68. The Labute approximate surface area is 121 Å². The highest BCUT2D eigenvalue weighted by atomic mass is 16.6. The van der Waals surface area contributed by atoms with Gasteiger partial charge in [-0.15, -0.1) is 0 Å². The molecule has 1 N–H and O–H groups in total. The van der Waals surface area contributed by atoms with Crippen LogP contribution in [-0.4, -0.2) is 23.1 Å². The molecule has 1 aliphatic carbocycles. The standard InChI is InChI=1S/C14H14N4O3/c1-14(8-16,17-11-3-4-11)9-21-13-5-2-10(7-15)6-12(13)18(19)20/h2,5-6,11,17H,3-4,9H2,1H3. The molecule has 0 radical (unpaired) electrons. The number of hydrogen-bond acceptors (Lipinski definition) is 6. The molecule has 2 rings (SSSR count). The number of nitro benzene ring substituents is 1. The normalized spacial score (nSPS) is 16.3. The lowest BCUT2D eigenvalue weighted by Crippen LogP contribution is -2.47. The summed E-state index contributed by atoms with van der Waals surface area (Å²) in [7, 11) is 0. The summed E-state index contributed by atoms with van der Waals surface area (Å²) >= 11 is 0. The van der Waals surface area contributed by atoms with Crippen molar-refractivity contribution in [3.05, 3.63) is 33.9 Å². The third-order valence-electron chi connectivity index (χ3n) is 3.15. The van der Waals surface area contributed by atoms with E-state index in [4.69, 9.17) is 10.00 Å². The van der Waals surface area contributed by atoms with Crippen LogP contribution in [0, 0.1) is 32.8 Å². The van der Waals surface area contributed by atoms with Crippen LogP contribution in [0.25, 0.3) is 0 Å². The van der Waals surface area contributed by atoms with Gasteiger partial charge in [-0.2, -0.15) is 10.5 Å². The van der Waals surface area contributed by atoms with E-state index < -0.39 is 10.5 Å². The molecule has 1 aromatic rings. The zero-order valence-corrected chi connectivity index (χ0v) is 11.5. The van der Waals surface area contributed by atoms with Crippen molar-refractivity contribution in [2.45, 2.75) is 31.3 Å². The third-order valence-corrected chi connectivity index (χ3v) is 3.15. The molecule has 1 atom stereocenters. The zero-order valence-electron chi connectivity index (χ0n) is 11.5. The van der Waals surface area contributed by atoms with Gasteiger partial charge in [0.25, 0.3) is 0 Å². The summed E-state index contributed by atoms with van der Waals surface area (Å²) in [6.07, 6.45) is 2.04. The molecule has 0 saturated heterocycles. The van der Waals surface area contributed by atoms with Gasteiger partial charge < -0.3 is 4.74 Å². The van der Waals surface area contributed by atoms with E-state index in [1.807, 2.05) is 6.07 Å². The largest absolute Gasteiger partial charge is 0.484 e. The predicted octanol–water partition coefficient (Wildman–Crippen LogP) is 1.88. The molecule has 7 heteroatoms. The molecule has 1 aliphatic rings. The van der Waals surface area contributed by atoms with Crippen LogP contribution < -0.4 is 10.1 Å². The zero-order chi connectivity index (χ0) is 15.5. The maximum atomic E-state index is 11.0. The Balaban J connectivity index is 2.13. The monoisotopic (exact) mass is 286 g/mol. The number of ether oxygens (including phenoxy) is 1. The number of nitrogens with zero attached hydrogens (tertiary/aromatic N) is 3. The molecule has 1 saturated carbocycles. The molecule has 0 spiro atoms. The number of hydrogen-bond donors (Lipinski definition) is 1. The van der Waals surface area contributed by atoms with Crippen LogP contribution in [0.4, 0.5) is 5.69 Å². The fourth-order valence-corrected chi connectivity index (χ4v) is 1.86. The van der Waals surface area contributed by atoms with Gasteiger partial charge in [0.1, 0.15) is 12.1 Å². The smallest absolute Gasteiger partial charge is 0.312 e. The number of nitriles is 2. The highest BCUT2D eigenvalue weighted by Gasteiger charge is 2.33. The Morgan fingerprint density at radius 1 is 1.52 bits per heavy atom. The van der Waals surface area contributed by atoms with Gasteiger partial charge in [-0.05, 0) is 31.9 Å². The van der Waals surface area contributed by atoms with Crippen molar-refractivity contribution in [1.82, 2.24) is 5.32 Å². The van der Waals surface area contributed by atoms with Gasteiger partial charge in [0, 0.05) is 12.1 Å². The average molecular weight is 286 g/mol. The molecule has 1 unspecified atom stereocenters. The molecular weight excluding hydrogens is 272 g/mol. The first kappa shape index (κ1) is 14.8. The second kappa shape index (κ2) is 5.78. The molecule has 1 aromatic carbocycles. The molecule has 0 heterocycles. The van der Waals surface area contributed by atoms with Crippen LogP contribution in [0.2, 0.25) is 0 Å². The van der Waals surface area contributed by atoms with Crippen molar-refractivity contribution in [3.8, 4) is 17.9 Å². The molecule has 1 fully saturated rings. The Morgan fingerprint density at radius 2 is 2.24 bits per heavy atom. The summed E-state index contributed by atoms with van der Waals surface area (Å²) in [5.41, 5.74) is -0.989. The SMILES string of the molecule is CC(C#N)(COc1ccc(C#N)cc1[N+](=O)[O-])NC1CC1. The summed E-state index contributed by atoms with van der Waals surface area (Å²) in [6.45, 7) is 1.69. The van der Waals surface area contributed by atoms with Crippen molar-refractivity contribution in [3.63, 3.8) is 0 Å². The van der Waals surface area contributed by atoms with Gasteiger partial charge in [-0.25, -0.2) is 0 Å². The number of rotatable bonds is 6. The molecule has 0 amide bonds. The molecular formula is C14H14N4O3. The molecule has 7 nitrogen and oxygen atoms in total. The van der Waals surface area contributed by atoms with Gasteiger partial charge >= 0.3 is 5.69 Å². The van der Waals surface area contributed by atoms with Crippen molar-refractivity contribution < 1.29 is 9.66 Å². The summed E-state index contributed by atoms with van der Waals surface area (Å²) < 4.78 is 5.45. The lowest BCUT2D eigenvalue weighted by atomic mass is 10.1. The van der Waals surface area contributed by atoms with E-state index in [0.717, 1.165) is 18.9 Å². The van der Waals surface area contributed by atoms with Gasteiger partial charge in [0.05, 0.1) is 22.6 Å². The maximum Gasteiger partial charge on any atom is 0.312 e. The minimum atomic E-state index is -0.900. The van der Waals surface area contributed by atoms with Crippen LogP contribution in [0.1, 0.15) is 25.3 Å². The average Bonchev–Trinajstić information content (AvgIpc) is 3.28. The summed E-state index contributed by atoms with van der Waals surface area (Å²) in [6, 6.07) is 8.28. The molecule has 108 valence electrons. The summed E-state index contributed by atoms with van der Waals surface area (Å²) in [4.78, 5) is 10.4. The van der Waals surface area contributed by atoms with E-state index in [-0.39, 0.29) is 23.6 Å². The lowest BCUT2D eigenvalue weighted by molar-refractivity contribution is -0.385. The molecule has 0 bridgehead atoms. The van der Waals surface area contributed by atoms with Crippen molar-refractivity contribution in [1.29, 1.82) is 10.5 Å². The fraction of sp³-hybridized carbons (Fsp3) is 0.429. The highest BCUT2D eigenvalue weighted by molar-refractivity contribution is 5.51. The van der Waals surface area contributed by atoms with Gasteiger partial charge in [-0.3, -0.25) is 15.4 Å². The number of nitro groups is 1. The maximum absolute atomic E-state index is 11.0. The van der Waals surface area contributed by atoms with Crippen molar-refractivity contribution in [2.75, 3.05) is 6.61 Å².